The Morgan fingerprint density at radius 1 is 0.805 bits per heavy atom. The van der Waals surface area contributed by atoms with Crippen LogP contribution in [0.15, 0.2) is 45.6 Å². The molecule has 5 rings (SSSR count). The monoisotopic (exact) mass is 580 g/mol. The second-order valence-electron chi connectivity index (χ2n) is 9.67. The summed E-state index contributed by atoms with van der Waals surface area (Å²) in [6, 6.07) is 7.18. The number of hydrogen-bond donors (Lipinski definition) is 9. The van der Waals surface area contributed by atoms with Crippen molar-refractivity contribution in [3.8, 4) is 34.3 Å². The lowest BCUT2D eigenvalue weighted by Gasteiger charge is -2.43. The summed E-state index contributed by atoms with van der Waals surface area (Å²) in [7, 11) is 0. The maximum atomic E-state index is 12.7. The van der Waals surface area contributed by atoms with E-state index in [0.29, 0.717) is 0 Å². The first-order valence-electron chi connectivity index (χ1n) is 12.4. The summed E-state index contributed by atoms with van der Waals surface area (Å²) in [5.74, 6) is -1.44. The van der Waals surface area contributed by atoms with Crippen LogP contribution in [0.2, 0.25) is 0 Å². The Morgan fingerprint density at radius 2 is 1.54 bits per heavy atom. The summed E-state index contributed by atoms with van der Waals surface area (Å²) < 4.78 is 27.5. The van der Waals surface area contributed by atoms with Gasteiger partial charge in [-0.1, -0.05) is 0 Å². The first-order chi connectivity index (χ1) is 19.5. The van der Waals surface area contributed by atoms with Crippen molar-refractivity contribution in [3.63, 3.8) is 0 Å². The molecule has 3 aromatic rings. The van der Waals surface area contributed by atoms with E-state index in [2.05, 4.69) is 0 Å². The summed E-state index contributed by atoms with van der Waals surface area (Å²) in [5, 5.41) is 90.2. The van der Waals surface area contributed by atoms with Crippen molar-refractivity contribution in [3.05, 3.63) is 46.6 Å². The molecule has 41 heavy (non-hydrogen) atoms. The van der Waals surface area contributed by atoms with Crippen LogP contribution in [0.3, 0.4) is 0 Å². The van der Waals surface area contributed by atoms with E-state index in [1.165, 1.54) is 24.3 Å². The average Bonchev–Trinajstić information content (AvgIpc) is 2.94. The van der Waals surface area contributed by atoms with E-state index < -0.39 is 85.4 Å². The van der Waals surface area contributed by atoms with Gasteiger partial charge in [-0.25, -0.2) is 0 Å². The number of phenolic OH excluding ortho intramolecular Hbond substituents is 3. The molecule has 4 unspecified atom stereocenters. The Morgan fingerprint density at radius 3 is 2.24 bits per heavy atom. The van der Waals surface area contributed by atoms with E-state index in [4.69, 9.17) is 23.4 Å². The minimum atomic E-state index is -1.74. The third-order valence-electron chi connectivity index (χ3n) is 6.89. The third-order valence-corrected chi connectivity index (χ3v) is 6.89. The van der Waals surface area contributed by atoms with E-state index >= 15 is 0 Å². The standard InChI is InChI=1S/C26H28O15/c27-7-17-20(32)22(34)24(36)26(40-17)41-18-8-37-25(23(35)21(18)33)38-10-4-13(30)19-14(31)6-15(39-16(19)5-10)9-1-2-11(28)12(29)3-9/h1-6,17-18,20-30,32-36H,7-8H2/t17?,18?,20-,21+,22+,23?,24?,25+,26+/m1/s1. The summed E-state index contributed by atoms with van der Waals surface area (Å²) in [6.07, 6.45) is -14.1. The molecule has 9 atom stereocenters. The first-order valence-corrected chi connectivity index (χ1v) is 12.4. The maximum absolute atomic E-state index is 12.7. The number of aliphatic hydroxyl groups excluding tert-OH is 6. The van der Waals surface area contributed by atoms with Crippen LogP contribution < -0.4 is 10.2 Å². The van der Waals surface area contributed by atoms with Crippen LogP contribution in [-0.2, 0) is 14.2 Å². The molecule has 2 saturated heterocycles. The predicted molar refractivity (Wildman–Crippen MR) is 134 cm³/mol. The molecule has 15 heteroatoms. The number of benzene rings is 2. The molecular formula is C26H28O15. The largest absolute Gasteiger partial charge is 0.507 e. The molecule has 0 aliphatic carbocycles. The summed E-state index contributed by atoms with van der Waals surface area (Å²) in [5.41, 5.74) is -0.482. The molecule has 222 valence electrons. The Hall–Kier alpha value is -3.51. The summed E-state index contributed by atoms with van der Waals surface area (Å²) in [4.78, 5) is 12.7. The van der Waals surface area contributed by atoms with E-state index in [1.807, 2.05) is 0 Å². The number of hydrogen-bond acceptors (Lipinski definition) is 15. The fraction of sp³-hybridized carbons (Fsp3) is 0.423. The SMILES string of the molecule is O=c1cc(-c2ccc(O)c(O)c2)oc2cc(O[C@@H]3OCC(O[C@@H]4OC(CO)[C@@H](O)[C@H](O)C4O)[C@H](O)C3O)cc(O)c12. The maximum Gasteiger partial charge on any atom is 0.228 e. The quantitative estimate of drug-likeness (QED) is 0.146. The van der Waals surface area contributed by atoms with Gasteiger partial charge in [0.25, 0.3) is 0 Å². The Labute approximate surface area is 230 Å². The summed E-state index contributed by atoms with van der Waals surface area (Å²) in [6.45, 7) is -1.09. The van der Waals surface area contributed by atoms with Crippen molar-refractivity contribution in [2.24, 2.45) is 0 Å². The fourth-order valence-corrected chi connectivity index (χ4v) is 4.61. The Balaban J connectivity index is 1.32. The molecule has 2 aliphatic rings. The van der Waals surface area contributed by atoms with Gasteiger partial charge in [0.05, 0.1) is 13.2 Å². The van der Waals surface area contributed by atoms with Crippen LogP contribution >= 0.6 is 0 Å². The number of aromatic hydroxyl groups is 3. The van der Waals surface area contributed by atoms with Crippen molar-refractivity contribution in [2.75, 3.05) is 13.2 Å². The lowest BCUT2D eigenvalue weighted by Crippen LogP contribution is -2.62. The van der Waals surface area contributed by atoms with Crippen molar-refractivity contribution in [1.82, 2.24) is 0 Å². The van der Waals surface area contributed by atoms with Crippen LogP contribution in [-0.4, -0.2) is 114 Å². The molecule has 3 heterocycles. The third kappa shape index (κ3) is 5.54. The van der Waals surface area contributed by atoms with Gasteiger partial charge in [-0.3, -0.25) is 4.79 Å². The van der Waals surface area contributed by atoms with Gasteiger partial charge in [-0.2, -0.15) is 0 Å². The second-order valence-corrected chi connectivity index (χ2v) is 9.67. The lowest BCUT2D eigenvalue weighted by atomic mass is 9.99. The minimum absolute atomic E-state index is 0.00640. The minimum Gasteiger partial charge on any atom is -0.507 e. The van der Waals surface area contributed by atoms with E-state index in [-0.39, 0.29) is 33.8 Å². The van der Waals surface area contributed by atoms with Crippen molar-refractivity contribution < 1.29 is 69.3 Å². The number of phenols is 3. The fourth-order valence-electron chi connectivity index (χ4n) is 4.61. The molecule has 0 amide bonds. The van der Waals surface area contributed by atoms with Crippen LogP contribution in [0, 0.1) is 0 Å². The molecule has 2 aromatic carbocycles. The number of rotatable bonds is 6. The highest BCUT2D eigenvalue weighted by molar-refractivity contribution is 5.86. The molecular weight excluding hydrogens is 552 g/mol. The van der Waals surface area contributed by atoms with E-state index in [1.54, 1.807) is 0 Å². The van der Waals surface area contributed by atoms with Gasteiger partial charge < -0.3 is 69.3 Å². The zero-order valence-electron chi connectivity index (χ0n) is 21.0. The lowest BCUT2D eigenvalue weighted by molar-refractivity contribution is -0.338. The summed E-state index contributed by atoms with van der Waals surface area (Å²) >= 11 is 0. The molecule has 15 nitrogen and oxygen atoms in total. The van der Waals surface area contributed by atoms with Gasteiger partial charge >= 0.3 is 0 Å². The Kier molecular flexibility index (Phi) is 8.06. The van der Waals surface area contributed by atoms with Gasteiger partial charge in [0, 0.05) is 23.8 Å². The molecule has 0 spiro atoms. The topological polar surface area (TPSA) is 249 Å². The van der Waals surface area contributed by atoms with Crippen LogP contribution in [0.25, 0.3) is 22.3 Å². The van der Waals surface area contributed by atoms with E-state index in [9.17, 15) is 50.8 Å². The van der Waals surface area contributed by atoms with Gasteiger partial charge in [0.1, 0.15) is 71.0 Å². The molecule has 2 aliphatic heterocycles. The molecule has 0 radical (unpaired) electrons. The molecule has 9 N–H and O–H groups in total. The Bertz CT molecular complexity index is 1450. The second kappa shape index (κ2) is 11.4. The highest BCUT2D eigenvalue weighted by atomic mass is 16.7. The van der Waals surface area contributed by atoms with Crippen LogP contribution in [0.5, 0.6) is 23.0 Å². The zero-order chi connectivity index (χ0) is 29.6. The van der Waals surface area contributed by atoms with Crippen molar-refractivity contribution in [1.29, 1.82) is 0 Å². The highest BCUT2D eigenvalue weighted by Gasteiger charge is 2.48. The number of fused-ring (bicyclic) bond motifs is 1. The first kappa shape index (κ1) is 29.0. The highest BCUT2D eigenvalue weighted by Crippen LogP contribution is 2.35. The van der Waals surface area contributed by atoms with Crippen molar-refractivity contribution in [2.45, 2.75) is 55.3 Å². The molecule has 1 aromatic heterocycles. The van der Waals surface area contributed by atoms with E-state index in [0.717, 1.165) is 12.1 Å². The van der Waals surface area contributed by atoms with Gasteiger partial charge in [-0.15, -0.1) is 0 Å². The number of ether oxygens (including phenoxy) is 4. The van der Waals surface area contributed by atoms with Crippen molar-refractivity contribution >= 4 is 11.0 Å². The number of aliphatic hydroxyl groups is 6. The van der Waals surface area contributed by atoms with Gasteiger partial charge in [-0.05, 0) is 18.2 Å². The van der Waals surface area contributed by atoms with Crippen LogP contribution in [0.4, 0.5) is 0 Å². The van der Waals surface area contributed by atoms with Crippen LogP contribution in [0.1, 0.15) is 0 Å². The van der Waals surface area contributed by atoms with Gasteiger partial charge in [0.2, 0.25) is 6.29 Å². The average molecular weight is 580 g/mol. The normalized spacial score (nSPS) is 32.2. The molecule has 0 saturated carbocycles. The molecule has 2 fully saturated rings. The molecule has 0 bridgehead atoms. The smallest absolute Gasteiger partial charge is 0.228 e. The zero-order valence-corrected chi connectivity index (χ0v) is 21.0. The van der Waals surface area contributed by atoms with Gasteiger partial charge in [0.15, 0.2) is 23.2 Å². The predicted octanol–water partition coefficient (Wildman–Crippen LogP) is -1.78.